The van der Waals surface area contributed by atoms with Crippen LogP contribution in [-0.4, -0.2) is 0 Å². The van der Waals surface area contributed by atoms with Crippen LogP contribution in [0, 0.1) is 0 Å². The van der Waals surface area contributed by atoms with Gasteiger partial charge in [0.15, 0.2) is 0 Å². The lowest BCUT2D eigenvalue weighted by Gasteiger charge is -2.10. The third-order valence-electron chi connectivity index (χ3n) is 2.75. The minimum absolute atomic E-state index is 0.110. The number of hydrogen-bond acceptors (Lipinski definition) is 3. The summed E-state index contributed by atoms with van der Waals surface area (Å²) in [5.74, 6) is 0. The zero-order valence-corrected chi connectivity index (χ0v) is 9.41. The van der Waals surface area contributed by atoms with Crippen LogP contribution in [0.3, 0.4) is 0 Å². The van der Waals surface area contributed by atoms with Crippen LogP contribution < -0.4 is 5.73 Å². The summed E-state index contributed by atoms with van der Waals surface area (Å²) in [6.07, 6.45) is 3.36. The normalized spacial score (nSPS) is 13.1. The molecule has 0 amide bonds. The Bertz CT molecular complexity index is 597. The van der Waals surface area contributed by atoms with E-state index in [4.69, 9.17) is 10.2 Å². The molecule has 0 aliphatic rings. The Labute approximate surface area is 97.3 Å². The van der Waals surface area contributed by atoms with Crippen LogP contribution in [0.2, 0.25) is 0 Å². The van der Waals surface area contributed by atoms with E-state index in [0.29, 0.717) is 0 Å². The highest BCUT2D eigenvalue weighted by Gasteiger charge is 2.13. The van der Waals surface area contributed by atoms with Gasteiger partial charge in [0.2, 0.25) is 0 Å². The van der Waals surface area contributed by atoms with E-state index in [1.165, 1.54) is 10.1 Å². The molecule has 3 aromatic rings. The Hall–Kier alpha value is -1.58. The maximum absolute atomic E-state index is 6.23. The fourth-order valence-electron chi connectivity index (χ4n) is 1.89. The number of fused-ring (bicyclic) bond motifs is 1. The standard InChI is InChI=1S/C13H11NOS/c14-12(10-4-6-15-8-10)11-3-1-2-9-5-7-16-13(9)11/h1-8,12H,14H2. The number of nitrogens with two attached hydrogens (primary N) is 1. The van der Waals surface area contributed by atoms with Crippen molar-refractivity contribution in [1.82, 2.24) is 0 Å². The van der Waals surface area contributed by atoms with Gasteiger partial charge < -0.3 is 10.2 Å². The Morgan fingerprint density at radius 1 is 1.19 bits per heavy atom. The molecule has 2 heterocycles. The van der Waals surface area contributed by atoms with Gasteiger partial charge in [-0.3, -0.25) is 0 Å². The van der Waals surface area contributed by atoms with Crippen LogP contribution in [0.15, 0.2) is 52.7 Å². The van der Waals surface area contributed by atoms with Gasteiger partial charge in [0.1, 0.15) is 0 Å². The molecular weight excluding hydrogens is 218 g/mol. The van der Waals surface area contributed by atoms with Gasteiger partial charge in [0.05, 0.1) is 18.6 Å². The van der Waals surface area contributed by atoms with Gasteiger partial charge in [0.25, 0.3) is 0 Å². The molecule has 2 N–H and O–H groups in total. The third-order valence-corrected chi connectivity index (χ3v) is 3.73. The third kappa shape index (κ3) is 1.45. The molecule has 2 aromatic heterocycles. The molecule has 3 rings (SSSR count). The maximum Gasteiger partial charge on any atom is 0.0953 e. The van der Waals surface area contributed by atoms with Gasteiger partial charge in [-0.25, -0.2) is 0 Å². The summed E-state index contributed by atoms with van der Waals surface area (Å²) in [7, 11) is 0. The molecule has 1 unspecified atom stereocenters. The zero-order chi connectivity index (χ0) is 11.0. The molecule has 1 atom stereocenters. The van der Waals surface area contributed by atoms with Crippen molar-refractivity contribution in [3.05, 3.63) is 59.4 Å². The van der Waals surface area contributed by atoms with Gasteiger partial charge in [0, 0.05) is 10.3 Å². The Kier molecular flexibility index (Phi) is 2.27. The Morgan fingerprint density at radius 3 is 2.94 bits per heavy atom. The van der Waals surface area contributed by atoms with Crippen molar-refractivity contribution >= 4 is 21.4 Å². The number of hydrogen-bond donors (Lipinski definition) is 1. The summed E-state index contributed by atoms with van der Waals surface area (Å²) < 4.78 is 6.33. The Balaban J connectivity index is 2.15. The molecule has 80 valence electrons. The molecule has 3 heteroatoms. The number of furan rings is 1. The molecule has 2 nitrogen and oxygen atoms in total. The highest BCUT2D eigenvalue weighted by Crippen LogP contribution is 2.30. The number of thiophene rings is 1. The van der Waals surface area contributed by atoms with Crippen molar-refractivity contribution in [2.24, 2.45) is 5.73 Å². The second-order valence-electron chi connectivity index (χ2n) is 3.72. The van der Waals surface area contributed by atoms with E-state index < -0.39 is 0 Å². The fraction of sp³-hybridized carbons (Fsp3) is 0.0769. The smallest absolute Gasteiger partial charge is 0.0953 e. The van der Waals surface area contributed by atoms with Gasteiger partial charge in [-0.1, -0.05) is 18.2 Å². The lowest BCUT2D eigenvalue weighted by molar-refractivity contribution is 0.562. The van der Waals surface area contributed by atoms with E-state index >= 15 is 0 Å². The van der Waals surface area contributed by atoms with Crippen LogP contribution in [0.4, 0.5) is 0 Å². The van der Waals surface area contributed by atoms with Gasteiger partial charge in [-0.2, -0.15) is 0 Å². The summed E-state index contributed by atoms with van der Waals surface area (Å²) >= 11 is 1.73. The Morgan fingerprint density at radius 2 is 2.12 bits per heavy atom. The average Bonchev–Trinajstić information content (AvgIpc) is 2.98. The molecule has 1 aromatic carbocycles. The predicted octanol–water partition coefficient (Wildman–Crippen LogP) is 3.54. The van der Waals surface area contributed by atoms with Crippen LogP contribution in [0.1, 0.15) is 17.2 Å². The summed E-state index contributed by atoms with van der Waals surface area (Å²) in [6, 6.07) is 10.2. The van der Waals surface area contributed by atoms with E-state index in [0.717, 1.165) is 11.1 Å². The van der Waals surface area contributed by atoms with E-state index in [9.17, 15) is 0 Å². The molecular formula is C13H11NOS. The molecule has 0 fully saturated rings. The molecule has 0 aliphatic carbocycles. The monoisotopic (exact) mass is 229 g/mol. The van der Waals surface area contributed by atoms with E-state index in [-0.39, 0.29) is 6.04 Å². The van der Waals surface area contributed by atoms with Crippen molar-refractivity contribution in [1.29, 1.82) is 0 Å². The van der Waals surface area contributed by atoms with Crippen molar-refractivity contribution in [3.8, 4) is 0 Å². The first kappa shape index (κ1) is 9.63. The van der Waals surface area contributed by atoms with E-state index in [2.05, 4.69) is 23.6 Å². The molecule has 0 spiro atoms. The van der Waals surface area contributed by atoms with Crippen molar-refractivity contribution < 1.29 is 4.42 Å². The summed E-state index contributed by atoms with van der Waals surface area (Å²) in [5.41, 5.74) is 8.41. The average molecular weight is 229 g/mol. The quantitative estimate of drug-likeness (QED) is 0.730. The van der Waals surface area contributed by atoms with Crippen molar-refractivity contribution in [2.45, 2.75) is 6.04 Å². The minimum atomic E-state index is -0.110. The first-order valence-electron chi connectivity index (χ1n) is 5.10. The second kappa shape index (κ2) is 3.77. The lowest BCUT2D eigenvalue weighted by atomic mass is 10.0. The number of benzene rings is 1. The topological polar surface area (TPSA) is 39.2 Å². The predicted molar refractivity (Wildman–Crippen MR) is 66.6 cm³/mol. The van der Waals surface area contributed by atoms with Gasteiger partial charge >= 0.3 is 0 Å². The first-order chi connectivity index (χ1) is 7.86. The second-order valence-corrected chi connectivity index (χ2v) is 4.64. The van der Waals surface area contributed by atoms with Crippen LogP contribution in [-0.2, 0) is 0 Å². The molecule has 0 saturated carbocycles. The number of rotatable bonds is 2. The summed E-state index contributed by atoms with van der Waals surface area (Å²) in [5, 5.41) is 3.34. The molecule has 0 saturated heterocycles. The fourth-order valence-corrected chi connectivity index (χ4v) is 2.85. The molecule has 0 bridgehead atoms. The summed E-state index contributed by atoms with van der Waals surface area (Å²) in [4.78, 5) is 0. The first-order valence-corrected chi connectivity index (χ1v) is 5.98. The van der Waals surface area contributed by atoms with E-state index in [1.807, 2.05) is 12.1 Å². The van der Waals surface area contributed by atoms with Gasteiger partial charge in [-0.15, -0.1) is 11.3 Å². The largest absolute Gasteiger partial charge is 0.472 e. The summed E-state index contributed by atoms with van der Waals surface area (Å²) in [6.45, 7) is 0. The zero-order valence-electron chi connectivity index (χ0n) is 8.59. The SMILES string of the molecule is NC(c1ccoc1)c1cccc2ccsc12. The highest BCUT2D eigenvalue weighted by atomic mass is 32.1. The van der Waals surface area contributed by atoms with Crippen molar-refractivity contribution in [2.75, 3.05) is 0 Å². The van der Waals surface area contributed by atoms with Crippen LogP contribution in [0.25, 0.3) is 10.1 Å². The van der Waals surface area contributed by atoms with Crippen LogP contribution in [0.5, 0.6) is 0 Å². The molecule has 16 heavy (non-hydrogen) atoms. The van der Waals surface area contributed by atoms with E-state index in [1.54, 1.807) is 23.9 Å². The molecule has 0 radical (unpaired) electrons. The lowest BCUT2D eigenvalue weighted by Crippen LogP contribution is -2.10. The van der Waals surface area contributed by atoms with Crippen LogP contribution >= 0.6 is 11.3 Å². The van der Waals surface area contributed by atoms with Gasteiger partial charge in [-0.05, 0) is 28.5 Å². The van der Waals surface area contributed by atoms with Crippen molar-refractivity contribution in [3.63, 3.8) is 0 Å². The maximum atomic E-state index is 6.23. The minimum Gasteiger partial charge on any atom is -0.472 e. The highest BCUT2D eigenvalue weighted by molar-refractivity contribution is 7.17. The molecule has 0 aliphatic heterocycles.